The molecule has 0 aliphatic heterocycles. The first-order valence-corrected chi connectivity index (χ1v) is 7.50. The standard InChI is InChI=1S/C18H21N3/c1-3-19-14(2)18-7-5-11-21(18)13-15-8-9-17-16(12-15)6-4-10-20-17/h4-12,14,19H,3,13H2,1-2H3. The summed E-state index contributed by atoms with van der Waals surface area (Å²) in [5, 5.41) is 4.67. The number of nitrogens with one attached hydrogen (secondary N) is 1. The highest BCUT2D eigenvalue weighted by Gasteiger charge is 2.09. The van der Waals surface area contributed by atoms with E-state index in [4.69, 9.17) is 0 Å². The van der Waals surface area contributed by atoms with E-state index in [1.165, 1.54) is 16.6 Å². The number of benzene rings is 1. The van der Waals surface area contributed by atoms with Crippen LogP contribution >= 0.6 is 0 Å². The molecule has 21 heavy (non-hydrogen) atoms. The Balaban J connectivity index is 1.87. The van der Waals surface area contributed by atoms with Crippen LogP contribution in [0.15, 0.2) is 54.9 Å². The van der Waals surface area contributed by atoms with E-state index < -0.39 is 0 Å². The van der Waals surface area contributed by atoms with Crippen LogP contribution in [-0.4, -0.2) is 16.1 Å². The highest BCUT2D eigenvalue weighted by Crippen LogP contribution is 2.18. The van der Waals surface area contributed by atoms with Gasteiger partial charge in [-0.1, -0.05) is 19.1 Å². The van der Waals surface area contributed by atoms with E-state index in [9.17, 15) is 0 Å². The molecule has 0 bridgehead atoms. The SMILES string of the molecule is CCNC(C)c1cccn1Cc1ccc2ncccc2c1. The zero-order chi connectivity index (χ0) is 14.7. The maximum absolute atomic E-state index is 4.37. The van der Waals surface area contributed by atoms with Crippen molar-refractivity contribution < 1.29 is 0 Å². The highest BCUT2D eigenvalue weighted by atomic mass is 15.0. The van der Waals surface area contributed by atoms with Crippen molar-refractivity contribution in [3.8, 4) is 0 Å². The van der Waals surface area contributed by atoms with Gasteiger partial charge < -0.3 is 9.88 Å². The van der Waals surface area contributed by atoms with E-state index in [2.05, 4.69) is 71.3 Å². The quantitative estimate of drug-likeness (QED) is 0.770. The van der Waals surface area contributed by atoms with Crippen LogP contribution in [0.2, 0.25) is 0 Å². The molecule has 1 atom stereocenters. The summed E-state index contributed by atoms with van der Waals surface area (Å²) >= 11 is 0. The molecular formula is C18H21N3. The normalized spacial score (nSPS) is 12.7. The predicted octanol–water partition coefficient (Wildman–Crippen LogP) is 3.76. The molecule has 0 radical (unpaired) electrons. The molecule has 0 aliphatic rings. The number of hydrogen-bond donors (Lipinski definition) is 1. The van der Waals surface area contributed by atoms with Gasteiger partial charge in [0.15, 0.2) is 0 Å². The fourth-order valence-corrected chi connectivity index (χ4v) is 2.80. The van der Waals surface area contributed by atoms with Gasteiger partial charge in [-0.2, -0.15) is 0 Å². The van der Waals surface area contributed by atoms with Crippen LogP contribution in [0.5, 0.6) is 0 Å². The van der Waals surface area contributed by atoms with Gasteiger partial charge in [-0.25, -0.2) is 0 Å². The first kappa shape index (κ1) is 13.8. The van der Waals surface area contributed by atoms with Crippen molar-refractivity contribution in [1.82, 2.24) is 14.9 Å². The zero-order valence-corrected chi connectivity index (χ0v) is 12.6. The van der Waals surface area contributed by atoms with Crippen molar-refractivity contribution in [3.05, 3.63) is 66.1 Å². The van der Waals surface area contributed by atoms with Gasteiger partial charge in [-0.15, -0.1) is 0 Å². The van der Waals surface area contributed by atoms with Gasteiger partial charge in [0.1, 0.15) is 0 Å². The van der Waals surface area contributed by atoms with Crippen LogP contribution in [0.4, 0.5) is 0 Å². The maximum Gasteiger partial charge on any atom is 0.0702 e. The lowest BCUT2D eigenvalue weighted by molar-refractivity contribution is 0.553. The number of pyridine rings is 1. The molecule has 2 heterocycles. The van der Waals surface area contributed by atoms with E-state index in [0.717, 1.165) is 18.6 Å². The topological polar surface area (TPSA) is 29.9 Å². The Hall–Kier alpha value is -2.13. The number of hydrogen-bond acceptors (Lipinski definition) is 2. The number of aromatic nitrogens is 2. The van der Waals surface area contributed by atoms with Gasteiger partial charge in [0.05, 0.1) is 5.52 Å². The summed E-state index contributed by atoms with van der Waals surface area (Å²) in [7, 11) is 0. The third-order valence-corrected chi connectivity index (χ3v) is 3.84. The molecule has 0 amide bonds. The van der Waals surface area contributed by atoms with Crippen molar-refractivity contribution in [1.29, 1.82) is 0 Å². The Morgan fingerprint density at radius 1 is 1.19 bits per heavy atom. The molecule has 3 heteroatoms. The van der Waals surface area contributed by atoms with Gasteiger partial charge in [-0.3, -0.25) is 4.98 Å². The summed E-state index contributed by atoms with van der Waals surface area (Å²) in [6, 6.07) is 15.3. The van der Waals surface area contributed by atoms with Gasteiger partial charge in [0, 0.05) is 36.1 Å². The monoisotopic (exact) mass is 279 g/mol. The molecule has 1 N–H and O–H groups in total. The summed E-state index contributed by atoms with van der Waals surface area (Å²) in [5.41, 5.74) is 3.68. The summed E-state index contributed by atoms with van der Waals surface area (Å²) < 4.78 is 2.31. The van der Waals surface area contributed by atoms with Crippen LogP contribution in [-0.2, 0) is 6.54 Å². The Morgan fingerprint density at radius 2 is 2.10 bits per heavy atom. The molecule has 3 aromatic rings. The number of fused-ring (bicyclic) bond motifs is 1. The van der Waals surface area contributed by atoms with Gasteiger partial charge in [-0.05, 0) is 49.4 Å². The van der Waals surface area contributed by atoms with Gasteiger partial charge in [0.2, 0.25) is 0 Å². The third kappa shape index (κ3) is 2.98. The molecule has 3 nitrogen and oxygen atoms in total. The van der Waals surface area contributed by atoms with Crippen molar-refractivity contribution in [2.45, 2.75) is 26.4 Å². The van der Waals surface area contributed by atoms with E-state index in [1.807, 2.05) is 12.3 Å². The molecule has 1 aromatic carbocycles. The fourth-order valence-electron chi connectivity index (χ4n) is 2.80. The molecular weight excluding hydrogens is 258 g/mol. The lowest BCUT2D eigenvalue weighted by Gasteiger charge is -2.16. The largest absolute Gasteiger partial charge is 0.346 e. The summed E-state index contributed by atoms with van der Waals surface area (Å²) in [5.74, 6) is 0. The Labute approximate surface area is 125 Å². The summed E-state index contributed by atoms with van der Waals surface area (Å²) in [6.07, 6.45) is 3.99. The number of rotatable bonds is 5. The lowest BCUT2D eigenvalue weighted by Crippen LogP contribution is -2.20. The smallest absolute Gasteiger partial charge is 0.0702 e. The van der Waals surface area contributed by atoms with Crippen molar-refractivity contribution in [3.63, 3.8) is 0 Å². The van der Waals surface area contributed by atoms with Crippen LogP contribution in [0, 0.1) is 0 Å². The molecule has 0 saturated carbocycles. The summed E-state index contributed by atoms with van der Waals surface area (Å²) in [6.45, 7) is 6.22. The van der Waals surface area contributed by atoms with Crippen LogP contribution in [0.3, 0.4) is 0 Å². The molecule has 2 aromatic heterocycles. The van der Waals surface area contributed by atoms with Gasteiger partial charge >= 0.3 is 0 Å². The minimum atomic E-state index is 0.368. The molecule has 0 fully saturated rings. The van der Waals surface area contributed by atoms with Crippen molar-refractivity contribution in [2.75, 3.05) is 6.54 Å². The molecule has 0 aliphatic carbocycles. The van der Waals surface area contributed by atoms with Crippen molar-refractivity contribution >= 4 is 10.9 Å². The fraction of sp³-hybridized carbons (Fsp3) is 0.278. The predicted molar refractivity (Wildman–Crippen MR) is 87.4 cm³/mol. The summed E-state index contributed by atoms with van der Waals surface area (Å²) in [4.78, 5) is 4.37. The van der Waals surface area contributed by atoms with Crippen molar-refractivity contribution in [2.24, 2.45) is 0 Å². The second kappa shape index (κ2) is 6.10. The molecule has 0 spiro atoms. The number of nitrogens with zero attached hydrogens (tertiary/aromatic N) is 2. The molecule has 0 saturated heterocycles. The lowest BCUT2D eigenvalue weighted by atomic mass is 10.1. The van der Waals surface area contributed by atoms with E-state index in [-0.39, 0.29) is 0 Å². The van der Waals surface area contributed by atoms with E-state index >= 15 is 0 Å². The van der Waals surface area contributed by atoms with Crippen LogP contribution in [0.25, 0.3) is 10.9 Å². The molecule has 3 rings (SSSR count). The zero-order valence-electron chi connectivity index (χ0n) is 12.6. The average molecular weight is 279 g/mol. The molecule has 1 unspecified atom stereocenters. The van der Waals surface area contributed by atoms with E-state index in [1.54, 1.807) is 0 Å². The van der Waals surface area contributed by atoms with Gasteiger partial charge in [0.25, 0.3) is 0 Å². The van der Waals surface area contributed by atoms with Crippen LogP contribution in [0.1, 0.15) is 31.1 Å². The second-order valence-electron chi connectivity index (χ2n) is 5.37. The Morgan fingerprint density at radius 3 is 2.95 bits per heavy atom. The first-order chi connectivity index (χ1) is 10.3. The maximum atomic E-state index is 4.37. The highest BCUT2D eigenvalue weighted by molar-refractivity contribution is 5.78. The average Bonchev–Trinajstić information content (AvgIpc) is 2.95. The minimum absolute atomic E-state index is 0.368. The Kier molecular flexibility index (Phi) is 4.02. The van der Waals surface area contributed by atoms with E-state index in [0.29, 0.717) is 6.04 Å². The Bertz CT molecular complexity index is 730. The second-order valence-corrected chi connectivity index (χ2v) is 5.37. The third-order valence-electron chi connectivity index (χ3n) is 3.84. The minimum Gasteiger partial charge on any atom is -0.346 e. The first-order valence-electron chi connectivity index (χ1n) is 7.50. The van der Waals surface area contributed by atoms with Crippen LogP contribution < -0.4 is 5.32 Å². The molecule has 108 valence electrons.